The van der Waals surface area contributed by atoms with E-state index in [1.165, 1.54) is 4.90 Å². The second-order valence-corrected chi connectivity index (χ2v) is 5.38. The maximum atomic E-state index is 10.8. The van der Waals surface area contributed by atoms with Crippen LogP contribution in [0.1, 0.15) is 20.8 Å². The standard InChI is InChI=1S/C9H13N3O4S/c1-9(2,3)11(5-7(13)14)8-10-4-6(17-8)12(15)16/h4H,5H2,1-3H3,(H,13,14). The molecule has 0 radical (unpaired) electrons. The smallest absolute Gasteiger partial charge is 0.345 e. The monoisotopic (exact) mass is 259 g/mol. The van der Waals surface area contributed by atoms with Crippen LogP contribution in [-0.4, -0.2) is 33.1 Å². The zero-order valence-corrected chi connectivity index (χ0v) is 10.5. The summed E-state index contributed by atoms with van der Waals surface area (Å²) in [6.45, 7) is 5.23. The summed E-state index contributed by atoms with van der Waals surface area (Å²) in [4.78, 5) is 26.2. The van der Waals surface area contributed by atoms with E-state index in [0.717, 1.165) is 17.5 Å². The molecule has 0 fully saturated rings. The number of aliphatic carboxylic acids is 1. The van der Waals surface area contributed by atoms with Crippen molar-refractivity contribution in [2.45, 2.75) is 26.3 Å². The van der Waals surface area contributed by atoms with E-state index in [4.69, 9.17) is 5.11 Å². The van der Waals surface area contributed by atoms with E-state index in [2.05, 4.69) is 4.98 Å². The highest BCUT2D eigenvalue weighted by molar-refractivity contribution is 7.18. The largest absolute Gasteiger partial charge is 0.480 e. The SMILES string of the molecule is CC(C)(C)N(CC(=O)O)c1ncc([N+](=O)[O-])s1. The Morgan fingerprint density at radius 3 is 2.59 bits per heavy atom. The Morgan fingerprint density at radius 2 is 2.24 bits per heavy atom. The molecule has 0 bridgehead atoms. The molecule has 0 aromatic carbocycles. The minimum absolute atomic E-state index is 0.0976. The van der Waals surface area contributed by atoms with Gasteiger partial charge in [-0.1, -0.05) is 0 Å². The van der Waals surface area contributed by atoms with Gasteiger partial charge in [-0.05, 0) is 32.1 Å². The summed E-state index contributed by atoms with van der Waals surface area (Å²) in [6.07, 6.45) is 1.14. The third kappa shape index (κ3) is 3.38. The first kappa shape index (κ1) is 13.4. The number of rotatable bonds is 4. The predicted molar refractivity (Wildman–Crippen MR) is 63.5 cm³/mol. The van der Waals surface area contributed by atoms with Crippen LogP contribution in [0.15, 0.2) is 6.20 Å². The Bertz CT molecular complexity index is 438. The molecule has 0 saturated heterocycles. The molecule has 0 spiro atoms. The van der Waals surface area contributed by atoms with Crippen molar-refractivity contribution in [1.29, 1.82) is 0 Å². The number of anilines is 1. The molecule has 1 aromatic heterocycles. The average Bonchev–Trinajstić information content (AvgIpc) is 2.60. The highest BCUT2D eigenvalue weighted by Crippen LogP contribution is 2.32. The number of hydrogen-bond donors (Lipinski definition) is 1. The number of thiazole rings is 1. The molecular weight excluding hydrogens is 246 g/mol. The molecular formula is C9H13N3O4S. The Balaban J connectivity index is 3.04. The van der Waals surface area contributed by atoms with Gasteiger partial charge >= 0.3 is 11.0 Å². The summed E-state index contributed by atoms with van der Waals surface area (Å²) < 4.78 is 0. The van der Waals surface area contributed by atoms with Crippen LogP contribution in [0.2, 0.25) is 0 Å². The minimum Gasteiger partial charge on any atom is -0.480 e. The van der Waals surface area contributed by atoms with Crippen LogP contribution in [0.25, 0.3) is 0 Å². The Hall–Kier alpha value is -1.70. The van der Waals surface area contributed by atoms with Crippen molar-refractivity contribution >= 4 is 27.4 Å². The molecule has 0 atom stereocenters. The lowest BCUT2D eigenvalue weighted by atomic mass is 10.1. The predicted octanol–water partition coefficient (Wildman–Crippen LogP) is 1.74. The lowest BCUT2D eigenvalue weighted by molar-refractivity contribution is -0.380. The van der Waals surface area contributed by atoms with Crippen molar-refractivity contribution in [3.05, 3.63) is 16.3 Å². The van der Waals surface area contributed by atoms with E-state index in [0.29, 0.717) is 5.13 Å². The minimum atomic E-state index is -1.00. The molecule has 8 heteroatoms. The maximum absolute atomic E-state index is 10.8. The van der Waals surface area contributed by atoms with Gasteiger partial charge in [0.15, 0.2) is 5.13 Å². The van der Waals surface area contributed by atoms with Gasteiger partial charge in [-0.2, -0.15) is 0 Å². The Morgan fingerprint density at radius 1 is 1.65 bits per heavy atom. The molecule has 0 amide bonds. The van der Waals surface area contributed by atoms with E-state index < -0.39 is 16.4 Å². The molecule has 1 N–H and O–H groups in total. The van der Waals surface area contributed by atoms with Gasteiger partial charge in [-0.25, -0.2) is 4.98 Å². The van der Waals surface area contributed by atoms with Crippen LogP contribution in [0.5, 0.6) is 0 Å². The lowest BCUT2D eigenvalue weighted by Crippen LogP contribution is -2.44. The third-order valence-electron chi connectivity index (χ3n) is 2.00. The molecule has 0 aliphatic rings. The average molecular weight is 259 g/mol. The zero-order chi connectivity index (χ0) is 13.2. The molecule has 17 heavy (non-hydrogen) atoms. The fraction of sp³-hybridized carbons (Fsp3) is 0.556. The number of nitrogens with zero attached hydrogens (tertiary/aromatic N) is 3. The number of carbonyl (C=O) groups is 1. The highest BCUT2D eigenvalue weighted by Gasteiger charge is 2.27. The Labute approximate surface area is 102 Å². The van der Waals surface area contributed by atoms with Crippen molar-refractivity contribution in [3.63, 3.8) is 0 Å². The normalized spacial score (nSPS) is 11.2. The van der Waals surface area contributed by atoms with Crippen molar-refractivity contribution in [1.82, 2.24) is 4.98 Å². The van der Waals surface area contributed by atoms with Crippen LogP contribution in [-0.2, 0) is 4.79 Å². The molecule has 0 aliphatic heterocycles. The van der Waals surface area contributed by atoms with E-state index in [-0.39, 0.29) is 11.5 Å². The Kier molecular flexibility index (Phi) is 3.66. The van der Waals surface area contributed by atoms with Gasteiger partial charge in [0.05, 0.1) is 4.92 Å². The summed E-state index contributed by atoms with van der Waals surface area (Å²) in [5.41, 5.74) is -0.468. The summed E-state index contributed by atoms with van der Waals surface area (Å²) in [7, 11) is 0. The van der Waals surface area contributed by atoms with Crippen molar-refractivity contribution in [2.75, 3.05) is 11.4 Å². The number of carboxylic acids is 1. The second kappa shape index (κ2) is 4.66. The van der Waals surface area contributed by atoms with E-state index in [1.807, 2.05) is 20.8 Å². The first-order valence-corrected chi connectivity index (χ1v) is 5.63. The topological polar surface area (TPSA) is 96.6 Å². The highest BCUT2D eigenvalue weighted by atomic mass is 32.1. The second-order valence-electron chi connectivity index (χ2n) is 4.39. The number of hydrogen-bond acceptors (Lipinski definition) is 6. The van der Waals surface area contributed by atoms with Crippen LogP contribution >= 0.6 is 11.3 Å². The van der Waals surface area contributed by atoms with Gasteiger partial charge in [0.2, 0.25) is 0 Å². The maximum Gasteiger partial charge on any atom is 0.345 e. The van der Waals surface area contributed by atoms with E-state index in [1.54, 1.807) is 0 Å². The zero-order valence-electron chi connectivity index (χ0n) is 9.71. The van der Waals surface area contributed by atoms with Crippen LogP contribution in [0.4, 0.5) is 10.1 Å². The van der Waals surface area contributed by atoms with E-state index in [9.17, 15) is 14.9 Å². The summed E-state index contributed by atoms with van der Waals surface area (Å²) in [5.74, 6) is -1.00. The van der Waals surface area contributed by atoms with Gasteiger partial charge in [-0.3, -0.25) is 14.9 Å². The van der Waals surface area contributed by atoms with Crippen LogP contribution in [0.3, 0.4) is 0 Å². The van der Waals surface area contributed by atoms with Crippen LogP contribution in [0, 0.1) is 10.1 Å². The molecule has 0 unspecified atom stereocenters. The first-order chi connectivity index (χ1) is 7.71. The molecule has 1 rings (SSSR count). The quantitative estimate of drug-likeness (QED) is 0.653. The van der Waals surface area contributed by atoms with Gasteiger partial charge < -0.3 is 10.0 Å². The molecule has 1 aromatic rings. The van der Waals surface area contributed by atoms with Gasteiger partial charge in [0.1, 0.15) is 12.7 Å². The molecule has 7 nitrogen and oxygen atoms in total. The van der Waals surface area contributed by atoms with Crippen molar-refractivity contribution in [2.24, 2.45) is 0 Å². The van der Waals surface area contributed by atoms with Gasteiger partial charge in [0.25, 0.3) is 0 Å². The third-order valence-corrected chi connectivity index (χ3v) is 2.97. The summed E-state index contributed by atoms with van der Waals surface area (Å²) in [5, 5.41) is 19.6. The molecule has 0 aliphatic carbocycles. The van der Waals surface area contributed by atoms with Crippen LogP contribution < -0.4 is 4.90 Å². The van der Waals surface area contributed by atoms with Crippen molar-refractivity contribution < 1.29 is 14.8 Å². The number of aromatic nitrogens is 1. The molecule has 0 saturated carbocycles. The lowest BCUT2D eigenvalue weighted by Gasteiger charge is -2.33. The summed E-state index contributed by atoms with van der Waals surface area (Å²) in [6, 6.07) is 0. The van der Waals surface area contributed by atoms with Crippen molar-refractivity contribution in [3.8, 4) is 0 Å². The number of carboxylic acid groups (broad SMARTS) is 1. The van der Waals surface area contributed by atoms with E-state index >= 15 is 0 Å². The molecule has 94 valence electrons. The fourth-order valence-electron chi connectivity index (χ4n) is 1.19. The van der Waals surface area contributed by atoms with Gasteiger partial charge in [0, 0.05) is 5.54 Å². The fourth-order valence-corrected chi connectivity index (χ4v) is 2.11. The molecule has 1 heterocycles. The number of nitro groups is 1. The summed E-state index contributed by atoms with van der Waals surface area (Å²) >= 11 is 0.870. The van der Waals surface area contributed by atoms with Gasteiger partial charge in [-0.15, -0.1) is 0 Å². The first-order valence-electron chi connectivity index (χ1n) is 4.81.